The third-order valence-electron chi connectivity index (χ3n) is 4.25. The lowest BCUT2D eigenvalue weighted by molar-refractivity contribution is -0.117. The van der Waals surface area contributed by atoms with Gasteiger partial charge in [-0.1, -0.05) is 30.3 Å². The molecule has 4 rings (SSSR count). The molecule has 4 heteroatoms. The van der Waals surface area contributed by atoms with Crippen molar-refractivity contribution in [3.05, 3.63) is 59.2 Å². The van der Waals surface area contributed by atoms with E-state index in [-0.39, 0.29) is 12.5 Å². The van der Waals surface area contributed by atoms with Crippen molar-refractivity contribution in [2.24, 2.45) is 4.99 Å². The molecule has 0 fully saturated rings. The number of benzene rings is 2. The van der Waals surface area contributed by atoms with E-state index in [1.807, 2.05) is 47.4 Å². The van der Waals surface area contributed by atoms with Crippen LogP contribution in [0.1, 0.15) is 16.7 Å². The Kier molecular flexibility index (Phi) is 2.96. The van der Waals surface area contributed by atoms with Crippen LogP contribution in [0.2, 0.25) is 0 Å². The minimum absolute atomic E-state index is 0.0658. The molecule has 0 unspecified atom stereocenters. The smallest absolute Gasteiger partial charge is 0.248 e. The third-order valence-corrected chi connectivity index (χ3v) is 4.25. The first-order chi connectivity index (χ1) is 10.8. The number of methoxy groups -OCH3 is 1. The number of carbonyl (C=O) groups excluding carboxylic acids is 1. The number of carbonyl (C=O) groups is 1. The predicted octanol–water partition coefficient (Wildman–Crippen LogP) is 2.44. The molecule has 2 aliphatic heterocycles. The first-order valence-corrected chi connectivity index (χ1v) is 7.39. The van der Waals surface area contributed by atoms with E-state index in [1.54, 1.807) is 7.11 Å². The Morgan fingerprint density at radius 2 is 2.00 bits per heavy atom. The Morgan fingerprint density at radius 3 is 2.77 bits per heavy atom. The predicted molar refractivity (Wildman–Crippen MR) is 86.0 cm³/mol. The Bertz CT molecular complexity index is 781. The summed E-state index contributed by atoms with van der Waals surface area (Å²) in [4.78, 5) is 18.8. The molecule has 0 aromatic heterocycles. The number of hydrogen-bond acceptors (Lipinski definition) is 3. The number of nitrogens with zero attached hydrogens (tertiary/aromatic N) is 2. The van der Waals surface area contributed by atoms with Crippen molar-refractivity contribution in [1.29, 1.82) is 0 Å². The molecule has 0 saturated heterocycles. The minimum Gasteiger partial charge on any atom is -0.497 e. The molecule has 0 bridgehead atoms. The van der Waals surface area contributed by atoms with Gasteiger partial charge < -0.3 is 9.64 Å². The van der Waals surface area contributed by atoms with Crippen molar-refractivity contribution in [2.75, 3.05) is 25.1 Å². The van der Waals surface area contributed by atoms with Crippen molar-refractivity contribution in [3.8, 4) is 5.75 Å². The van der Waals surface area contributed by atoms with Gasteiger partial charge in [-0.3, -0.25) is 9.79 Å². The highest BCUT2D eigenvalue weighted by Gasteiger charge is 2.32. The molecular formula is C18H16N2O2. The molecule has 22 heavy (non-hydrogen) atoms. The first kappa shape index (κ1) is 13.1. The maximum atomic E-state index is 12.4. The molecular weight excluding hydrogens is 276 g/mol. The second-order valence-electron chi connectivity index (χ2n) is 5.51. The number of hydrogen-bond donors (Lipinski definition) is 0. The fraction of sp³-hybridized carbons (Fsp3) is 0.222. The van der Waals surface area contributed by atoms with Gasteiger partial charge in [0.05, 0.1) is 18.5 Å². The van der Waals surface area contributed by atoms with Crippen molar-refractivity contribution in [3.63, 3.8) is 0 Å². The number of amides is 1. The first-order valence-electron chi connectivity index (χ1n) is 7.39. The molecule has 0 spiro atoms. The van der Waals surface area contributed by atoms with Crippen molar-refractivity contribution in [2.45, 2.75) is 6.42 Å². The van der Waals surface area contributed by atoms with Crippen LogP contribution in [0.15, 0.2) is 47.5 Å². The molecule has 2 aromatic rings. The summed E-state index contributed by atoms with van der Waals surface area (Å²) in [5, 5.41) is 0. The zero-order chi connectivity index (χ0) is 15.1. The maximum absolute atomic E-state index is 12.4. The van der Waals surface area contributed by atoms with Crippen LogP contribution in [-0.2, 0) is 11.2 Å². The van der Waals surface area contributed by atoms with Crippen LogP contribution in [0, 0.1) is 0 Å². The van der Waals surface area contributed by atoms with Crippen LogP contribution in [0.4, 0.5) is 5.69 Å². The van der Waals surface area contributed by atoms with E-state index in [0.717, 1.165) is 46.8 Å². The van der Waals surface area contributed by atoms with Gasteiger partial charge in [0.2, 0.25) is 5.91 Å². The summed E-state index contributed by atoms with van der Waals surface area (Å²) in [6, 6.07) is 14.0. The summed E-state index contributed by atoms with van der Waals surface area (Å²) in [5.74, 6) is 0.879. The Hall–Kier alpha value is -2.62. The summed E-state index contributed by atoms with van der Waals surface area (Å²) in [6.45, 7) is 0.923. The van der Waals surface area contributed by atoms with E-state index in [1.165, 1.54) is 0 Å². The fourth-order valence-corrected chi connectivity index (χ4v) is 3.23. The number of aliphatic imine (C=N–C) groups is 1. The fourth-order valence-electron chi connectivity index (χ4n) is 3.23. The largest absolute Gasteiger partial charge is 0.497 e. The molecule has 110 valence electrons. The van der Waals surface area contributed by atoms with E-state index in [2.05, 4.69) is 4.99 Å². The SMILES string of the molecule is COc1cc2c3c(c1)C(c1ccccc1)=NCC(=O)N3CC2. The van der Waals surface area contributed by atoms with Gasteiger partial charge >= 0.3 is 0 Å². The van der Waals surface area contributed by atoms with Gasteiger partial charge in [-0.05, 0) is 24.1 Å². The number of rotatable bonds is 2. The van der Waals surface area contributed by atoms with Gasteiger partial charge in [0.25, 0.3) is 0 Å². The average Bonchev–Trinajstić information content (AvgIpc) is 2.93. The van der Waals surface area contributed by atoms with Gasteiger partial charge in [0.1, 0.15) is 12.3 Å². The van der Waals surface area contributed by atoms with E-state index >= 15 is 0 Å². The van der Waals surface area contributed by atoms with E-state index in [4.69, 9.17) is 4.74 Å². The van der Waals surface area contributed by atoms with Crippen LogP contribution in [0.3, 0.4) is 0 Å². The molecule has 2 aliphatic rings. The topological polar surface area (TPSA) is 41.9 Å². The van der Waals surface area contributed by atoms with Crippen LogP contribution < -0.4 is 9.64 Å². The van der Waals surface area contributed by atoms with Crippen molar-refractivity contribution in [1.82, 2.24) is 0 Å². The quantitative estimate of drug-likeness (QED) is 0.853. The molecule has 1 amide bonds. The number of ether oxygens (including phenoxy) is 1. The van der Waals surface area contributed by atoms with E-state index in [0.29, 0.717) is 0 Å². The average molecular weight is 292 g/mol. The normalized spacial score (nSPS) is 16.1. The lowest BCUT2D eigenvalue weighted by Gasteiger charge is -2.18. The van der Waals surface area contributed by atoms with Gasteiger partial charge in [-0.15, -0.1) is 0 Å². The van der Waals surface area contributed by atoms with Gasteiger partial charge in [-0.25, -0.2) is 0 Å². The van der Waals surface area contributed by atoms with Crippen LogP contribution in [-0.4, -0.2) is 31.8 Å². The molecule has 0 radical (unpaired) electrons. The lowest BCUT2D eigenvalue weighted by Crippen LogP contribution is -2.30. The van der Waals surface area contributed by atoms with Crippen LogP contribution in [0.5, 0.6) is 5.75 Å². The highest BCUT2D eigenvalue weighted by Crippen LogP contribution is 2.38. The van der Waals surface area contributed by atoms with Gasteiger partial charge in [0, 0.05) is 17.7 Å². The molecule has 2 aromatic carbocycles. The summed E-state index contributed by atoms with van der Waals surface area (Å²) < 4.78 is 5.43. The highest BCUT2D eigenvalue weighted by molar-refractivity contribution is 6.20. The minimum atomic E-state index is 0.0658. The summed E-state index contributed by atoms with van der Waals surface area (Å²) >= 11 is 0. The van der Waals surface area contributed by atoms with Gasteiger partial charge in [0.15, 0.2) is 0 Å². The Labute approximate surface area is 129 Å². The maximum Gasteiger partial charge on any atom is 0.248 e. The summed E-state index contributed by atoms with van der Waals surface area (Å²) in [6.07, 6.45) is 0.868. The van der Waals surface area contributed by atoms with Crippen LogP contribution in [0.25, 0.3) is 0 Å². The summed E-state index contributed by atoms with van der Waals surface area (Å²) in [5.41, 5.74) is 5.05. The van der Waals surface area contributed by atoms with Gasteiger partial charge in [-0.2, -0.15) is 0 Å². The molecule has 0 aliphatic carbocycles. The zero-order valence-electron chi connectivity index (χ0n) is 12.4. The molecule has 0 N–H and O–H groups in total. The van der Waals surface area contributed by atoms with E-state index < -0.39 is 0 Å². The van der Waals surface area contributed by atoms with E-state index in [9.17, 15) is 4.79 Å². The zero-order valence-corrected chi connectivity index (χ0v) is 12.4. The van der Waals surface area contributed by atoms with Crippen molar-refractivity contribution >= 4 is 17.3 Å². The number of anilines is 1. The third kappa shape index (κ3) is 1.91. The second kappa shape index (κ2) is 4.98. The van der Waals surface area contributed by atoms with Crippen molar-refractivity contribution < 1.29 is 9.53 Å². The lowest BCUT2D eigenvalue weighted by atomic mass is 9.97. The molecule has 2 heterocycles. The Balaban J connectivity index is 1.98. The monoisotopic (exact) mass is 292 g/mol. The standard InChI is InChI=1S/C18H16N2O2/c1-22-14-9-13-7-8-20-16(21)11-19-17(15(10-14)18(13)20)12-5-3-2-4-6-12/h2-6,9-10H,7-8,11H2,1H3. The highest BCUT2D eigenvalue weighted by atomic mass is 16.5. The molecule has 0 saturated carbocycles. The summed E-state index contributed by atoms with van der Waals surface area (Å²) in [7, 11) is 1.67. The molecule has 0 atom stereocenters. The van der Waals surface area contributed by atoms with Crippen LogP contribution >= 0.6 is 0 Å². The Morgan fingerprint density at radius 1 is 1.18 bits per heavy atom. The molecule has 4 nitrogen and oxygen atoms in total. The second-order valence-corrected chi connectivity index (χ2v) is 5.51.